The van der Waals surface area contributed by atoms with E-state index in [-0.39, 0.29) is 18.9 Å². The Hall–Kier alpha value is -2.57. The average Bonchev–Trinajstić information content (AvgIpc) is 2.75. The molecule has 9 N–H and O–H groups in total. The molecule has 89 heavy (non-hydrogen) atoms. The molecule has 0 radical (unpaired) electrons. The van der Waals surface area contributed by atoms with Crippen molar-refractivity contribution in [2.45, 2.75) is 376 Å². The van der Waals surface area contributed by atoms with Crippen molar-refractivity contribution in [3.05, 3.63) is 72.9 Å². The summed E-state index contributed by atoms with van der Waals surface area (Å²) < 4.78 is 22.9. The number of allylic oxidation sites excluding steroid dienone is 11. The Bertz CT molecular complexity index is 1770. The zero-order valence-electron chi connectivity index (χ0n) is 56.4. The summed E-state index contributed by atoms with van der Waals surface area (Å²) in [5, 5.41) is 87.5. The largest absolute Gasteiger partial charge is 0.394 e. The third kappa shape index (κ3) is 43.1. The third-order valence-corrected chi connectivity index (χ3v) is 17.6. The number of amides is 1. The summed E-state index contributed by atoms with van der Waals surface area (Å²) in [7, 11) is 0. The number of aliphatic hydroxyl groups excluding tert-OH is 8. The van der Waals surface area contributed by atoms with Gasteiger partial charge in [-0.15, -0.1) is 0 Å². The maximum absolute atomic E-state index is 13.3. The highest BCUT2D eigenvalue weighted by Gasteiger charge is 2.51. The fourth-order valence-electron chi connectivity index (χ4n) is 11.8. The van der Waals surface area contributed by atoms with Gasteiger partial charge in [0.15, 0.2) is 12.6 Å². The molecule has 0 aromatic heterocycles. The Morgan fingerprint density at radius 2 is 0.787 bits per heavy atom. The molecule has 0 saturated carbocycles. The van der Waals surface area contributed by atoms with Crippen molar-refractivity contribution >= 4 is 5.91 Å². The number of carbonyl (C=O) groups is 1. The molecule has 0 spiro atoms. The zero-order valence-corrected chi connectivity index (χ0v) is 56.4. The summed E-state index contributed by atoms with van der Waals surface area (Å²) >= 11 is 0. The monoisotopic (exact) mass is 1260 g/mol. The molecule has 1 amide bonds. The molecule has 2 rings (SSSR count). The minimum Gasteiger partial charge on any atom is -0.394 e. The molecule has 0 aliphatic carbocycles. The number of hydrogen-bond donors (Lipinski definition) is 9. The van der Waals surface area contributed by atoms with Crippen LogP contribution in [-0.4, -0.2) is 140 Å². The summed E-state index contributed by atoms with van der Waals surface area (Å²) in [4.78, 5) is 13.3. The second-order valence-corrected chi connectivity index (χ2v) is 25.7. The zero-order chi connectivity index (χ0) is 64.5. The van der Waals surface area contributed by atoms with Crippen LogP contribution in [0.4, 0.5) is 0 Å². The summed E-state index contributed by atoms with van der Waals surface area (Å²) in [6.07, 6.45) is 64.0. The second-order valence-electron chi connectivity index (χ2n) is 25.7. The van der Waals surface area contributed by atoms with Crippen LogP contribution in [0.25, 0.3) is 0 Å². The van der Waals surface area contributed by atoms with E-state index in [4.69, 9.17) is 18.9 Å². The lowest BCUT2D eigenvalue weighted by atomic mass is 9.97. The molecule has 2 fully saturated rings. The first-order valence-electron chi connectivity index (χ1n) is 36.7. The maximum Gasteiger partial charge on any atom is 0.220 e. The van der Waals surface area contributed by atoms with Crippen LogP contribution in [0.2, 0.25) is 0 Å². The molecule has 0 aromatic rings. The van der Waals surface area contributed by atoms with E-state index in [1.54, 1.807) is 6.08 Å². The van der Waals surface area contributed by atoms with Gasteiger partial charge in [0.25, 0.3) is 0 Å². The van der Waals surface area contributed by atoms with Gasteiger partial charge in [0.1, 0.15) is 48.8 Å². The van der Waals surface area contributed by atoms with E-state index in [0.29, 0.717) is 12.8 Å². The van der Waals surface area contributed by atoms with E-state index in [9.17, 15) is 45.6 Å². The van der Waals surface area contributed by atoms with Crippen molar-refractivity contribution < 1.29 is 64.6 Å². The van der Waals surface area contributed by atoms with Gasteiger partial charge in [0.2, 0.25) is 5.91 Å². The van der Waals surface area contributed by atoms with E-state index in [1.165, 1.54) is 212 Å². The number of ether oxygens (including phenoxy) is 4. The fraction of sp³-hybridized carbons (Fsp3) is 0.827. The van der Waals surface area contributed by atoms with Crippen molar-refractivity contribution in [3.63, 3.8) is 0 Å². The first kappa shape index (κ1) is 82.5. The quantitative estimate of drug-likeness (QED) is 0.0204. The molecule has 0 bridgehead atoms. The Kier molecular flexibility index (Phi) is 54.9. The predicted molar refractivity (Wildman–Crippen MR) is 364 cm³/mol. The normalized spacial score (nSPS) is 23.4. The number of rotatable bonds is 60. The molecule has 0 aromatic carbocycles. The van der Waals surface area contributed by atoms with Crippen LogP contribution in [0.3, 0.4) is 0 Å². The Morgan fingerprint density at radius 1 is 0.416 bits per heavy atom. The van der Waals surface area contributed by atoms with Crippen LogP contribution in [0.15, 0.2) is 72.9 Å². The van der Waals surface area contributed by atoms with Gasteiger partial charge in [-0.1, -0.05) is 299 Å². The molecule has 12 atom stereocenters. The predicted octanol–water partition coefficient (Wildman–Crippen LogP) is 15.4. The van der Waals surface area contributed by atoms with E-state index >= 15 is 0 Å². The number of nitrogens with one attached hydrogen (secondary N) is 1. The number of hydrogen-bond acceptors (Lipinski definition) is 13. The molecule has 2 aliphatic rings. The van der Waals surface area contributed by atoms with Crippen molar-refractivity contribution in [1.29, 1.82) is 0 Å². The summed E-state index contributed by atoms with van der Waals surface area (Å²) in [6, 6.07) is -0.934. The molecule has 14 nitrogen and oxygen atoms in total. The van der Waals surface area contributed by atoms with Crippen LogP contribution >= 0.6 is 0 Å². The lowest BCUT2D eigenvalue weighted by molar-refractivity contribution is -0.359. The first-order chi connectivity index (χ1) is 43.6. The van der Waals surface area contributed by atoms with Crippen molar-refractivity contribution in [2.24, 2.45) is 0 Å². The minimum atomic E-state index is -1.79. The van der Waals surface area contributed by atoms with Crippen LogP contribution in [-0.2, 0) is 23.7 Å². The van der Waals surface area contributed by atoms with E-state index in [1.807, 2.05) is 6.08 Å². The lowest BCUT2D eigenvalue weighted by Gasteiger charge is -2.46. The highest BCUT2D eigenvalue weighted by molar-refractivity contribution is 5.76. The van der Waals surface area contributed by atoms with E-state index in [2.05, 4.69) is 79.9 Å². The molecule has 2 saturated heterocycles. The SMILES string of the molecule is CC/C=C\C/C=C\C/C=C\C/C=C\CCCCCCCCCCCCCCCCCCCCCCC(=O)NC(COC1OC(CO)C(OC2OC(CO)C(O)C(O)C2O)C(O)C1O)C(O)/C=C/CC/C=C/CCCCCCCCCCCCCCCCCC. The molecule has 14 heteroatoms. The van der Waals surface area contributed by atoms with Gasteiger partial charge in [0.05, 0.1) is 32.0 Å². The number of carbonyl (C=O) groups excluding carboxylic acids is 1. The third-order valence-electron chi connectivity index (χ3n) is 17.6. The van der Waals surface area contributed by atoms with E-state index < -0.39 is 86.8 Å². The Labute approximate surface area is 542 Å². The fourth-order valence-corrected chi connectivity index (χ4v) is 11.8. The molecule has 518 valence electrons. The van der Waals surface area contributed by atoms with Crippen molar-refractivity contribution in [3.8, 4) is 0 Å². The molecular weight excluding hydrogens is 1120 g/mol. The molecular formula is C75H135NO13. The van der Waals surface area contributed by atoms with Gasteiger partial charge in [0, 0.05) is 6.42 Å². The molecule has 2 heterocycles. The van der Waals surface area contributed by atoms with Crippen molar-refractivity contribution in [1.82, 2.24) is 5.32 Å². The lowest BCUT2D eigenvalue weighted by Crippen LogP contribution is -2.65. The highest BCUT2D eigenvalue weighted by atomic mass is 16.7. The van der Waals surface area contributed by atoms with Gasteiger partial charge in [-0.3, -0.25) is 4.79 Å². The van der Waals surface area contributed by atoms with Gasteiger partial charge < -0.3 is 65.1 Å². The van der Waals surface area contributed by atoms with Gasteiger partial charge in [-0.05, 0) is 70.6 Å². The first-order valence-corrected chi connectivity index (χ1v) is 36.7. The Balaban J connectivity index is 1.65. The van der Waals surface area contributed by atoms with Crippen LogP contribution in [0, 0.1) is 0 Å². The summed E-state index contributed by atoms with van der Waals surface area (Å²) in [5.41, 5.74) is 0. The van der Waals surface area contributed by atoms with E-state index in [0.717, 1.165) is 57.8 Å². The number of aliphatic hydroxyl groups is 8. The smallest absolute Gasteiger partial charge is 0.220 e. The summed E-state index contributed by atoms with van der Waals surface area (Å²) in [6.45, 7) is 2.71. The number of unbranched alkanes of at least 4 members (excludes halogenated alkanes) is 37. The van der Waals surface area contributed by atoms with Crippen LogP contribution < -0.4 is 5.32 Å². The topological polar surface area (TPSA) is 228 Å². The second kappa shape index (κ2) is 59.2. The van der Waals surface area contributed by atoms with Crippen LogP contribution in [0.1, 0.15) is 303 Å². The Morgan fingerprint density at radius 3 is 1.24 bits per heavy atom. The highest BCUT2D eigenvalue weighted by Crippen LogP contribution is 2.30. The van der Waals surface area contributed by atoms with Crippen LogP contribution in [0.5, 0.6) is 0 Å². The van der Waals surface area contributed by atoms with Gasteiger partial charge in [-0.2, -0.15) is 0 Å². The van der Waals surface area contributed by atoms with Crippen molar-refractivity contribution in [2.75, 3.05) is 19.8 Å². The maximum atomic E-state index is 13.3. The summed E-state index contributed by atoms with van der Waals surface area (Å²) in [5.74, 6) is -0.246. The molecule has 2 aliphatic heterocycles. The minimum absolute atomic E-state index is 0.246. The van der Waals surface area contributed by atoms with Gasteiger partial charge in [-0.25, -0.2) is 0 Å². The standard InChI is InChI=1S/C75H135NO13/c1-3-5-7-9-11-13-15-17-19-21-23-25-27-28-29-30-31-32-33-34-35-36-37-39-41-43-45-47-49-51-53-55-57-59-67(80)76-63(62-86-74-72(85)70(83)73(66(61-78)88-74)89-75-71(84)69(82)68(81)65(60-77)87-75)64(79)58-56-54-52-50-48-46-44-42-40-38-26-24-22-20-18-16-14-12-10-8-6-4-2/h5,7,11,13,17,19,23,25,48,50,56,58,63-66,68-75,77-79,81-85H,3-4,6,8-10,12,14-16,18,20-22,24,26-47,49,51-55,57,59-62H2,1-2H3,(H,76,80)/b7-5-,13-11-,19-17-,25-23-,50-48+,58-56+. The average molecular weight is 1260 g/mol. The van der Waals surface area contributed by atoms with Gasteiger partial charge >= 0.3 is 0 Å². The molecule has 12 unspecified atom stereocenters.